The highest BCUT2D eigenvalue weighted by atomic mass is 15.2. The van der Waals surface area contributed by atoms with Gasteiger partial charge in [-0.3, -0.25) is 14.3 Å². The quantitative estimate of drug-likeness (QED) is 0.626. The largest absolute Gasteiger partial charge is 0.342 e. The Morgan fingerprint density at radius 3 is 2.88 bits per heavy atom. The van der Waals surface area contributed by atoms with Crippen LogP contribution in [-0.4, -0.2) is 42.3 Å². The van der Waals surface area contributed by atoms with Crippen LogP contribution in [0.3, 0.4) is 0 Å². The van der Waals surface area contributed by atoms with E-state index in [-0.39, 0.29) is 0 Å². The Labute approximate surface area is 145 Å². The molecule has 3 aromatic heterocycles. The zero-order chi connectivity index (χ0) is 16.6. The predicted molar refractivity (Wildman–Crippen MR) is 96.3 cm³/mol. The average molecular weight is 332 g/mol. The van der Waals surface area contributed by atoms with E-state index in [4.69, 9.17) is 4.98 Å². The van der Waals surface area contributed by atoms with Crippen molar-refractivity contribution in [1.29, 1.82) is 0 Å². The smallest absolute Gasteiger partial charge is 0.155 e. The molecule has 0 atom stereocenters. The first-order valence-electron chi connectivity index (χ1n) is 8.80. The number of likely N-dealkylation sites (tertiary alicyclic amines) is 1. The molecule has 1 aliphatic heterocycles. The number of para-hydroxylation sites is 2. The zero-order valence-electron chi connectivity index (χ0n) is 14.0. The highest BCUT2D eigenvalue weighted by Crippen LogP contribution is 2.28. The molecule has 0 amide bonds. The first-order chi connectivity index (χ1) is 12.4. The third kappa shape index (κ3) is 2.68. The molecule has 5 rings (SSSR count). The summed E-state index contributed by atoms with van der Waals surface area (Å²) >= 11 is 0. The number of fused-ring (bicyclic) bond motifs is 2. The molecule has 0 saturated carbocycles. The SMILES string of the molecule is c1ccc2[nH]c(C3CCN(Cc4cnc5cnccn45)CC3)nc2c1. The van der Waals surface area contributed by atoms with Crippen molar-refractivity contribution in [3.8, 4) is 0 Å². The fraction of sp³-hybridized carbons (Fsp3) is 0.316. The molecule has 6 heteroatoms. The maximum atomic E-state index is 4.78. The molecule has 4 heterocycles. The van der Waals surface area contributed by atoms with Gasteiger partial charge in [0.05, 0.1) is 29.1 Å². The molecule has 0 unspecified atom stereocenters. The number of aromatic amines is 1. The summed E-state index contributed by atoms with van der Waals surface area (Å²) in [6.07, 6.45) is 9.83. The van der Waals surface area contributed by atoms with Crippen molar-refractivity contribution in [3.63, 3.8) is 0 Å². The summed E-state index contributed by atoms with van der Waals surface area (Å²) < 4.78 is 2.12. The normalized spacial score (nSPS) is 16.8. The van der Waals surface area contributed by atoms with Gasteiger partial charge in [-0.05, 0) is 38.1 Å². The van der Waals surface area contributed by atoms with Gasteiger partial charge < -0.3 is 4.98 Å². The van der Waals surface area contributed by atoms with Gasteiger partial charge in [0.25, 0.3) is 0 Å². The monoisotopic (exact) mass is 332 g/mol. The number of piperidine rings is 1. The number of imidazole rings is 2. The van der Waals surface area contributed by atoms with Crippen molar-refractivity contribution in [1.82, 2.24) is 29.2 Å². The van der Waals surface area contributed by atoms with Crippen LogP contribution < -0.4 is 0 Å². The van der Waals surface area contributed by atoms with Crippen LogP contribution in [0.5, 0.6) is 0 Å². The first kappa shape index (κ1) is 14.6. The molecule has 4 aromatic rings. The van der Waals surface area contributed by atoms with E-state index in [1.807, 2.05) is 24.7 Å². The van der Waals surface area contributed by atoms with E-state index < -0.39 is 0 Å². The molecule has 1 aliphatic rings. The Morgan fingerprint density at radius 1 is 1.12 bits per heavy atom. The molecular weight excluding hydrogens is 312 g/mol. The standard InChI is InChI=1S/C19H20N6/c1-2-4-17-16(3-1)22-19(23-17)14-5-8-24(9-6-14)13-15-11-21-18-12-20-7-10-25(15)18/h1-4,7,10-12,14H,5-6,8-9,13H2,(H,22,23). The predicted octanol–water partition coefficient (Wildman–Crippen LogP) is 2.99. The van der Waals surface area contributed by atoms with E-state index in [0.717, 1.165) is 55.0 Å². The molecule has 0 radical (unpaired) electrons. The highest BCUT2D eigenvalue weighted by Gasteiger charge is 2.23. The van der Waals surface area contributed by atoms with Crippen LogP contribution in [0.15, 0.2) is 49.1 Å². The second kappa shape index (κ2) is 5.97. The lowest BCUT2D eigenvalue weighted by atomic mass is 9.96. The van der Waals surface area contributed by atoms with Crippen molar-refractivity contribution < 1.29 is 0 Å². The molecule has 126 valence electrons. The van der Waals surface area contributed by atoms with Crippen molar-refractivity contribution in [2.24, 2.45) is 0 Å². The van der Waals surface area contributed by atoms with Gasteiger partial charge in [0, 0.05) is 24.9 Å². The number of hydrogen-bond acceptors (Lipinski definition) is 4. The molecule has 0 aliphatic carbocycles. The van der Waals surface area contributed by atoms with Crippen LogP contribution in [0.1, 0.15) is 30.3 Å². The lowest BCUT2D eigenvalue weighted by molar-refractivity contribution is 0.199. The molecule has 1 aromatic carbocycles. The van der Waals surface area contributed by atoms with Gasteiger partial charge in [-0.2, -0.15) is 0 Å². The molecule has 1 fully saturated rings. The maximum absolute atomic E-state index is 4.78. The second-order valence-electron chi connectivity index (χ2n) is 6.74. The van der Waals surface area contributed by atoms with Gasteiger partial charge >= 0.3 is 0 Å². The minimum absolute atomic E-state index is 0.523. The fourth-order valence-corrected chi connectivity index (χ4v) is 3.77. The average Bonchev–Trinajstić information content (AvgIpc) is 3.27. The van der Waals surface area contributed by atoms with Crippen molar-refractivity contribution in [2.45, 2.75) is 25.3 Å². The van der Waals surface area contributed by atoms with E-state index >= 15 is 0 Å². The lowest BCUT2D eigenvalue weighted by Gasteiger charge is -2.30. The Bertz CT molecular complexity index is 976. The van der Waals surface area contributed by atoms with Gasteiger partial charge in [0.2, 0.25) is 0 Å². The van der Waals surface area contributed by atoms with Gasteiger partial charge in [0.15, 0.2) is 5.65 Å². The third-order valence-electron chi connectivity index (χ3n) is 5.16. The number of rotatable bonds is 3. The molecule has 25 heavy (non-hydrogen) atoms. The van der Waals surface area contributed by atoms with E-state index in [0.29, 0.717) is 5.92 Å². The Hall–Kier alpha value is -2.73. The minimum atomic E-state index is 0.523. The number of aromatic nitrogens is 5. The van der Waals surface area contributed by atoms with Crippen molar-refractivity contribution in [3.05, 3.63) is 60.6 Å². The van der Waals surface area contributed by atoms with Crippen LogP contribution in [-0.2, 0) is 6.54 Å². The fourth-order valence-electron chi connectivity index (χ4n) is 3.77. The van der Waals surface area contributed by atoms with Gasteiger partial charge in [-0.1, -0.05) is 12.1 Å². The summed E-state index contributed by atoms with van der Waals surface area (Å²) in [5, 5.41) is 0. The summed E-state index contributed by atoms with van der Waals surface area (Å²) in [5.74, 6) is 1.66. The van der Waals surface area contributed by atoms with Gasteiger partial charge in [-0.15, -0.1) is 0 Å². The van der Waals surface area contributed by atoms with E-state index in [1.165, 1.54) is 5.69 Å². The summed E-state index contributed by atoms with van der Waals surface area (Å²) in [6, 6.07) is 8.27. The van der Waals surface area contributed by atoms with Crippen LogP contribution in [0.25, 0.3) is 16.7 Å². The van der Waals surface area contributed by atoms with Crippen LogP contribution in [0.2, 0.25) is 0 Å². The van der Waals surface area contributed by atoms with Crippen LogP contribution in [0.4, 0.5) is 0 Å². The Morgan fingerprint density at radius 2 is 2.00 bits per heavy atom. The molecule has 1 saturated heterocycles. The van der Waals surface area contributed by atoms with Gasteiger partial charge in [-0.25, -0.2) is 9.97 Å². The summed E-state index contributed by atoms with van der Waals surface area (Å²) in [6.45, 7) is 3.10. The molecule has 6 nitrogen and oxygen atoms in total. The number of hydrogen-bond donors (Lipinski definition) is 1. The molecule has 0 bridgehead atoms. The zero-order valence-corrected chi connectivity index (χ0v) is 14.0. The van der Waals surface area contributed by atoms with Crippen LogP contribution >= 0.6 is 0 Å². The molecule has 1 N–H and O–H groups in total. The highest BCUT2D eigenvalue weighted by molar-refractivity contribution is 5.74. The van der Waals surface area contributed by atoms with E-state index in [1.54, 1.807) is 6.20 Å². The number of H-pyrrole nitrogens is 1. The maximum Gasteiger partial charge on any atom is 0.155 e. The molecular formula is C19H20N6. The van der Waals surface area contributed by atoms with E-state index in [2.05, 4.69) is 42.5 Å². The van der Waals surface area contributed by atoms with Crippen LogP contribution in [0, 0.1) is 0 Å². The first-order valence-corrected chi connectivity index (χ1v) is 8.80. The summed E-state index contributed by atoms with van der Waals surface area (Å²) in [7, 11) is 0. The Balaban J connectivity index is 1.28. The van der Waals surface area contributed by atoms with Crippen molar-refractivity contribution in [2.75, 3.05) is 13.1 Å². The number of nitrogens with zero attached hydrogens (tertiary/aromatic N) is 5. The van der Waals surface area contributed by atoms with Crippen molar-refractivity contribution >= 4 is 16.7 Å². The topological polar surface area (TPSA) is 62.1 Å². The van der Waals surface area contributed by atoms with Gasteiger partial charge in [0.1, 0.15) is 5.82 Å². The Kier molecular flexibility index (Phi) is 3.48. The minimum Gasteiger partial charge on any atom is -0.342 e. The summed E-state index contributed by atoms with van der Waals surface area (Å²) in [5.41, 5.74) is 4.34. The third-order valence-corrected chi connectivity index (χ3v) is 5.16. The molecule has 0 spiro atoms. The lowest BCUT2D eigenvalue weighted by Crippen LogP contribution is -2.33. The second-order valence-corrected chi connectivity index (χ2v) is 6.74. The number of benzene rings is 1. The summed E-state index contributed by atoms with van der Waals surface area (Å²) in [4.78, 5) is 19.3. The number of nitrogens with one attached hydrogen (secondary N) is 1. The van der Waals surface area contributed by atoms with E-state index in [9.17, 15) is 0 Å².